The predicted octanol–water partition coefficient (Wildman–Crippen LogP) is 3.51. The average molecular weight is 464 g/mol. The summed E-state index contributed by atoms with van der Waals surface area (Å²) in [4.78, 5) is 48.3. The van der Waals surface area contributed by atoms with E-state index in [2.05, 4.69) is 10.1 Å². The van der Waals surface area contributed by atoms with Crippen LogP contribution in [0.15, 0.2) is 34.4 Å². The second-order valence-corrected chi connectivity index (χ2v) is 7.34. The van der Waals surface area contributed by atoms with Gasteiger partial charge in [-0.25, -0.2) is 9.59 Å². The van der Waals surface area contributed by atoms with Crippen molar-refractivity contribution in [2.24, 2.45) is 0 Å². The zero-order chi connectivity index (χ0) is 23.6. The summed E-state index contributed by atoms with van der Waals surface area (Å²) in [5.74, 6) is -1.39. The molecule has 1 aromatic carbocycles. The quantitative estimate of drug-likeness (QED) is 0.216. The van der Waals surface area contributed by atoms with E-state index in [0.717, 1.165) is 11.0 Å². The topological polar surface area (TPSA) is 141 Å². The van der Waals surface area contributed by atoms with E-state index in [1.54, 1.807) is 13.8 Å². The van der Waals surface area contributed by atoms with Crippen molar-refractivity contribution < 1.29 is 33.2 Å². The van der Waals surface area contributed by atoms with Crippen LogP contribution in [0.1, 0.15) is 35.7 Å². The number of ether oxygens (including phenoxy) is 2. The lowest BCUT2D eigenvalue weighted by Gasteiger charge is -2.13. The minimum absolute atomic E-state index is 0.0548. The normalized spacial score (nSPS) is 14.8. The van der Waals surface area contributed by atoms with E-state index in [0.29, 0.717) is 0 Å². The van der Waals surface area contributed by atoms with Crippen molar-refractivity contribution in [1.82, 2.24) is 10.2 Å². The summed E-state index contributed by atoms with van der Waals surface area (Å²) in [5, 5.41) is 13.9. The molecular weight excluding hydrogens is 446 g/mol. The van der Waals surface area contributed by atoms with Crippen molar-refractivity contribution in [1.29, 1.82) is 0 Å². The minimum Gasteiger partial charge on any atom is -0.484 e. The van der Waals surface area contributed by atoms with Gasteiger partial charge in [-0.15, -0.1) is 0 Å². The predicted molar refractivity (Wildman–Crippen MR) is 111 cm³/mol. The van der Waals surface area contributed by atoms with Crippen molar-refractivity contribution in [3.05, 3.63) is 62.2 Å². The maximum absolute atomic E-state index is 12.8. The zero-order valence-corrected chi connectivity index (χ0v) is 18.0. The first-order valence-corrected chi connectivity index (χ1v) is 9.64. The van der Waals surface area contributed by atoms with Crippen LogP contribution >= 0.6 is 11.6 Å². The Morgan fingerprint density at radius 1 is 1.34 bits per heavy atom. The van der Waals surface area contributed by atoms with Crippen molar-refractivity contribution >= 4 is 41.3 Å². The molecule has 32 heavy (non-hydrogen) atoms. The van der Waals surface area contributed by atoms with Crippen molar-refractivity contribution in [3.63, 3.8) is 0 Å². The molecule has 168 valence electrons. The van der Waals surface area contributed by atoms with Gasteiger partial charge in [0.15, 0.2) is 0 Å². The number of rotatable bonds is 7. The molecule has 12 heteroatoms. The smallest absolute Gasteiger partial charge is 0.373 e. The Morgan fingerprint density at radius 3 is 2.69 bits per heavy atom. The number of carbonyl (C=O) groups excluding carboxylic acids is 3. The fraction of sp³-hybridized carbons (Fsp3) is 0.250. The standard InChI is InChI=1S/C20H18ClN3O8/c1-10(2)31-17-11(6-12(21)8-15(17)24(28)29)7-14-18(25)23(20(27)22-14)9-13-4-5-16(32-13)19(26)30-3/h4-8,10H,9H2,1-3H3,(H,22,27)/b14-7-. The number of nitrogens with zero attached hydrogens (tertiary/aromatic N) is 2. The fourth-order valence-corrected chi connectivity index (χ4v) is 3.13. The number of nitrogens with one attached hydrogen (secondary N) is 1. The van der Waals surface area contributed by atoms with E-state index >= 15 is 0 Å². The van der Waals surface area contributed by atoms with Gasteiger partial charge in [-0.2, -0.15) is 0 Å². The number of carbonyl (C=O) groups is 3. The van der Waals surface area contributed by atoms with E-state index in [1.165, 1.54) is 31.4 Å². The van der Waals surface area contributed by atoms with Crippen LogP contribution in [0.4, 0.5) is 10.5 Å². The Bertz CT molecular complexity index is 1140. The largest absolute Gasteiger partial charge is 0.484 e. The maximum Gasteiger partial charge on any atom is 0.373 e. The van der Waals surface area contributed by atoms with E-state index in [-0.39, 0.29) is 45.8 Å². The van der Waals surface area contributed by atoms with Crippen molar-refractivity contribution in [2.45, 2.75) is 26.5 Å². The SMILES string of the molecule is COC(=O)c1ccc(CN2C(=O)N/C(=C\c3cc(Cl)cc([N+](=O)[O-])c3OC(C)C)C2=O)o1. The highest BCUT2D eigenvalue weighted by Crippen LogP contribution is 2.37. The Morgan fingerprint density at radius 2 is 2.06 bits per heavy atom. The summed E-state index contributed by atoms with van der Waals surface area (Å²) in [5.41, 5.74) is -0.369. The summed E-state index contributed by atoms with van der Waals surface area (Å²) in [7, 11) is 1.19. The third-order valence-electron chi connectivity index (χ3n) is 4.24. The van der Waals surface area contributed by atoms with Gasteiger partial charge in [0.25, 0.3) is 5.91 Å². The molecular formula is C20H18ClN3O8. The van der Waals surface area contributed by atoms with Crippen LogP contribution < -0.4 is 10.1 Å². The number of benzene rings is 1. The summed E-state index contributed by atoms with van der Waals surface area (Å²) >= 11 is 6.01. The molecule has 0 aliphatic carbocycles. The Kier molecular flexibility index (Phi) is 6.49. The van der Waals surface area contributed by atoms with Gasteiger partial charge >= 0.3 is 17.7 Å². The van der Waals surface area contributed by atoms with Crippen LogP contribution in [-0.4, -0.2) is 40.9 Å². The van der Waals surface area contributed by atoms with Crippen LogP contribution in [0.25, 0.3) is 6.08 Å². The molecule has 2 aromatic rings. The molecule has 0 bridgehead atoms. The number of urea groups is 1. The number of imide groups is 1. The number of hydrogen-bond acceptors (Lipinski definition) is 8. The van der Waals surface area contributed by atoms with Gasteiger partial charge in [-0.1, -0.05) is 11.6 Å². The van der Waals surface area contributed by atoms with Gasteiger partial charge in [0.1, 0.15) is 11.5 Å². The maximum atomic E-state index is 12.8. The lowest BCUT2D eigenvalue weighted by Crippen LogP contribution is -2.30. The van der Waals surface area contributed by atoms with Gasteiger partial charge in [-0.3, -0.25) is 19.8 Å². The lowest BCUT2D eigenvalue weighted by atomic mass is 10.1. The van der Waals surface area contributed by atoms with E-state index in [9.17, 15) is 24.5 Å². The monoisotopic (exact) mass is 463 g/mol. The highest BCUT2D eigenvalue weighted by atomic mass is 35.5. The van der Waals surface area contributed by atoms with Crippen LogP contribution in [0.2, 0.25) is 5.02 Å². The van der Waals surface area contributed by atoms with Gasteiger partial charge in [0.2, 0.25) is 11.5 Å². The molecule has 1 N–H and O–H groups in total. The molecule has 0 unspecified atom stereocenters. The highest BCUT2D eigenvalue weighted by Gasteiger charge is 2.35. The van der Waals surface area contributed by atoms with E-state index in [4.69, 9.17) is 20.8 Å². The van der Waals surface area contributed by atoms with Gasteiger partial charge in [-0.05, 0) is 38.1 Å². The average Bonchev–Trinajstić information content (AvgIpc) is 3.29. The van der Waals surface area contributed by atoms with Gasteiger partial charge < -0.3 is 19.2 Å². The van der Waals surface area contributed by atoms with E-state index in [1.807, 2.05) is 0 Å². The number of hydrogen-bond donors (Lipinski definition) is 1. The van der Waals surface area contributed by atoms with E-state index < -0.39 is 28.9 Å². The fourth-order valence-electron chi connectivity index (χ4n) is 2.91. The highest BCUT2D eigenvalue weighted by molar-refractivity contribution is 6.31. The first kappa shape index (κ1) is 22.8. The number of halogens is 1. The van der Waals surface area contributed by atoms with Crippen molar-refractivity contribution in [3.8, 4) is 5.75 Å². The first-order valence-electron chi connectivity index (χ1n) is 9.26. The number of nitro groups is 1. The molecule has 11 nitrogen and oxygen atoms in total. The van der Waals surface area contributed by atoms with Crippen LogP contribution in [0.3, 0.4) is 0 Å². The lowest BCUT2D eigenvalue weighted by molar-refractivity contribution is -0.386. The Labute approximate surface area is 186 Å². The number of nitro benzene ring substituents is 1. The Hall–Kier alpha value is -3.86. The second kappa shape index (κ2) is 9.10. The molecule has 0 atom stereocenters. The second-order valence-electron chi connectivity index (χ2n) is 6.90. The molecule has 0 saturated carbocycles. The number of furan rings is 1. The zero-order valence-electron chi connectivity index (χ0n) is 17.2. The summed E-state index contributed by atoms with van der Waals surface area (Å²) in [6.07, 6.45) is 0.846. The molecule has 0 radical (unpaired) electrons. The third-order valence-corrected chi connectivity index (χ3v) is 4.46. The first-order chi connectivity index (χ1) is 15.1. The molecule has 3 rings (SSSR count). The molecule has 1 fully saturated rings. The summed E-state index contributed by atoms with van der Waals surface area (Å²) < 4.78 is 15.4. The number of amides is 3. The minimum atomic E-state index is -0.736. The van der Waals surface area contributed by atoms with Gasteiger partial charge in [0, 0.05) is 16.7 Å². The molecule has 1 aliphatic heterocycles. The number of esters is 1. The molecule has 2 heterocycles. The molecule has 3 amide bonds. The summed E-state index contributed by atoms with van der Waals surface area (Å²) in [6, 6.07) is 4.58. The molecule has 1 aromatic heterocycles. The molecule has 0 spiro atoms. The van der Waals surface area contributed by atoms with Crippen LogP contribution in [0.5, 0.6) is 5.75 Å². The molecule has 1 aliphatic rings. The molecule has 1 saturated heterocycles. The van der Waals surface area contributed by atoms with Crippen LogP contribution in [-0.2, 0) is 16.1 Å². The number of methoxy groups -OCH3 is 1. The van der Waals surface area contributed by atoms with Gasteiger partial charge in [0.05, 0.1) is 24.7 Å². The van der Waals surface area contributed by atoms with Crippen molar-refractivity contribution in [2.75, 3.05) is 7.11 Å². The van der Waals surface area contributed by atoms with Crippen LogP contribution in [0, 0.1) is 10.1 Å². The summed E-state index contributed by atoms with van der Waals surface area (Å²) in [6.45, 7) is 3.13. The third kappa shape index (κ3) is 4.72. The Balaban J connectivity index is 1.92.